The first-order valence-electron chi connectivity index (χ1n) is 7.79. The van der Waals surface area contributed by atoms with Crippen molar-refractivity contribution in [1.82, 2.24) is 15.1 Å². The van der Waals surface area contributed by atoms with Crippen LogP contribution in [0.1, 0.15) is 11.3 Å². The van der Waals surface area contributed by atoms with Crippen molar-refractivity contribution < 1.29 is 9.21 Å². The normalized spacial score (nSPS) is 10.9. The number of likely N-dealkylation sites (N-methyl/N-ethyl adjacent to an activating group) is 1. The highest BCUT2D eigenvalue weighted by Gasteiger charge is 2.10. The number of hydrogen-bond donors (Lipinski definition) is 1. The van der Waals surface area contributed by atoms with E-state index in [1.807, 2.05) is 24.1 Å². The number of carbonyl (C=O) groups excluding carboxylic acids is 1. The van der Waals surface area contributed by atoms with Crippen LogP contribution in [-0.2, 0) is 17.8 Å². The van der Waals surface area contributed by atoms with Crippen LogP contribution in [-0.4, -0.2) is 55.9 Å². The number of carbonyl (C=O) groups is 1. The summed E-state index contributed by atoms with van der Waals surface area (Å²) in [4.78, 5) is 19.8. The fraction of sp³-hybridized carbons (Fsp3) is 0.412. The van der Waals surface area contributed by atoms with Gasteiger partial charge in [0.2, 0.25) is 5.91 Å². The Morgan fingerprint density at radius 1 is 1.32 bits per heavy atom. The summed E-state index contributed by atoms with van der Waals surface area (Å²) >= 11 is 1.67. The molecule has 0 unspecified atom stereocenters. The molecule has 1 amide bonds. The molecule has 0 aliphatic rings. The molecule has 0 saturated carbocycles. The van der Waals surface area contributed by atoms with Gasteiger partial charge in [0, 0.05) is 40.7 Å². The third-order valence-electron chi connectivity index (χ3n) is 3.46. The van der Waals surface area contributed by atoms with Crippen molar-refractivity contribution in [3.8, 4) is 0 Å². The van der Waals surface area contributed by atoms with Gasteiger partial charge in [-0.1, -0.05) is 0 Å². The van der Waals surface area contributed by atoms with E-state index >= 15 is 0 Å². The number of thiophene rings is 1. The predicted octanol–water partition coefficient (Wildman–Crippen LogP) is 2.67. The van der Waals surface area contributed by atoms with E-state index < -0.39 is 0 Å². The Hall–Kier alpha value is -1.55. The SMILES string of the molecule is CN(C)C(=O)CN=C(NCCc1ccco1)N(C)Cc1ccsc1.I. The van der Waals surface area contributed by atoms with E-state index in [4.69, 9.17) is 4.42 Å². The fourth-order valence-electron chi connectivity index (χ4n) is 2.08. The summed E-state index contributed by atoms with van der Waals surface area (Å²) in [6, 6.07) is 5.92. The van der Waals surface area contributed by atoms with Gasteiger partial charge < -0.3 is 19.5 Å². The lowest BCUT2D eigenvalue weighted by atomic mass is 10.3. The molecule has 0 fully saturated rings. The Morgan fingerprint density at radius 2 is 2.12 bits per heavy atom. The second-order valence-corrected chi connectivity index (χ2v) is 6.45. The molecule has 6 nitrogen and oxygen atoms in total. The van der Waals surface area contributed by atoms with Crippen molar-refractivity contribution in [1.29, 1.82) is 0 Å². The van der Waals surface area contributed by atoms with Crippen molar-refractivity contribution in [3.05, 3.63) is 46.5 Å². The van der Waals surface area contributed by atoms with Gasteiger partial charge in [0.15, 0.2) is 5.96 Å². The maximum atomic E-state index is 11.8. The van der Waals surface area contributed by atoms with Gasteiger partial charge in [0.05, 0.1) is 6.26 Å². The van der Waals surface area contributed by atoms with Crippen LogP contribution in [0.2, 0.25) is 0 Å². The topological polar surface area (TPSA) is 61.1 Å². The zero-order valence-corrected chi connectivity index (χ0v) is 17.9. The van der Waals surface area contributed by atoms with Gasteiger partial charge in [0.1, 0.15) is 12.3 Å². The van der Waals surface area contributed by atoms with Crippen LogP contribution in [0.4, 0.5) is 0 Å². The van der Waals surface area contributed by atoms with Crippen LogP contribution < -0.4 is 5.32 Å². The quantitative estimate of drug-likeness (QED) is 0.379. The number of amides is 1. The average molecular weight is 476 g/mol. The number of aliphatic imine (C=N–C) groups is 1. The minimum absolute atomic E-state index is 0. The van der Waals surface area contributed by atoms with E-state index in [1.54, 1.807) is 36.6 Å². The van der Waals surface area contributed by atoms with Gasteiger partial charge in [-0.05, 0) is 34.5 Å². The smallest absolute Gasteiger partial charge is 0.243 e. The highest BCUT2D eigenvalue weighted by molar-refractivity contribution is 14.0. The van der Waals surface area contributed by atoms with Crippen LogP contribution in [0.5, 0.6) is 0 Å². The van der Waals surface area contributed by atoms with E-state index in [0.717, 1.165) is 18.7 Å². The number of nitrogens with zero attached hydrogens (tertiary/aromatic N) is 3. The van der Waals surface area contributed by atoms with Gasteiger partial charge in [-0.2, -0.15) is 11.3 Å². The molecule has 1 N–H and O–H groups in total. The Balaban J connectivity index is 0.00000312. The molecule has 0 spiro atoms. The summed E-state index contributed by atoms with van der Waals surface area (Å²) < 4.78 is 5.34. The van der Waals surface area contributed by atoms with Gasteiger partial charge in [-0.25, -0.2) is 4.99 Å². The lowest BCUT2D eigenvalue weighted by Crippen LogP contribution is -2.40. The first-order chi connectivity index (χ1) is 11.6. The van der Waals surface area contributed by atoms with E-state index in [9.17, 15) is 4.79 Å². The molecule has 0 aromatic carbocycles. The standard InChI is InChI=1S/C17H24N4O2S.HI/c1-20(2)16(22)11-19-17(18-8-6-15-5-4-9-23-15)21(3)12-14-7-10-24-13-14;/h4-5,7,9-10,13H,6,8,11-12H2,1-3H3,(H,18,19);1H. The van der Waals surface area contributed by atoms with Crippen LogP contribution in [0.15, 0.2) is 44.6 Å². The second kappa shape index (κ2) is 11.1. The summed E-state index contributed by atoms with van der Waals surface area (Å²) in [6.45, 7) is 1.56. The summed E-state index contributed by atoms with van der Waals surface area (Å²) in [6.07, 6.45) is 2.43. The van der Waals surface area contributed by atoms with Crippen LogP contribution in [0.25, 0.3) is 0 Å². The average Bonchev–Trinajstić information content (AvgIpc) is 3.23. The monoisotopic (exact) mass is 476 g/mol. The Kier molecular flexibility index (Phi) is 9.58. The largest absolute Gasteiger partial charge is 0.469 e. The summed E-state index contributed by atoms with van der Waals surface area (Å²) in [7, 11) is 5.43. The molecule has 0 aliphatic carbocycles. The first kappa shape index (κ1) is 21.5. The molecule has 2 rings (SSSR count). The number of rotatable bonds is 7. The molecule has 0 bridgehead atoms. The number of hydrogen-bond acceptors (Lipinski definition) is 4. The van der Waals surface area contributed by atoms with Crippen LogP contribution in [0.3, 0.4) is 0 Å². The van der Waals surface area contributed by atoms with Crippen molar-refractivity contribution in [2.75, 3.05) is 34.2 Å². The Morgan fingerprint density at radius 3 is 2.72 bits per heavy atom. The molecule has 0 aliphatic heterocycles. The number of guanidine groups is 1. The first-order valence-corrected chi connectivity index (χ1v) is 8.73. The van der Waals surface area contributed by atoms with E-state index in [-0.39, 0.29) is 36.4 Å². The molecule has 0 saturated heterocycles. The molecule has 2 heterocycles. The molecule has 0 atom stereocenters. The molecule has 138 valence electrons. The van der Waals surface area contributed by atoms with Crippen LogP contribution >= 0.6 is 35.3 Å². The van der Waals surface area contributed by atoms with Gasteiger partial charge in [-0.15, -0.1) is 24.0 Å². The molecule has 0 radical (unpaired) electrons. The third-order valence-corrected chi connectivity index (χ3v) is 4.19. The molecule has 2 aromatic heterocycles. The maximum absolute atomic E-state index is 11.8. The lowest BCUT2D eigenvalue weighted by Gasteiger charge is -2.22. The van der Waals surface area contributed by atoms with Gasteiger partial charge in [0.25, 0.3) is 0 Å². The Bertz CT molecular complexity index is 642. The highest BCUT2D eigenvalue weighted by atomic mass is 127. The molecule has 2 aromatic rings. The molecular formula is C17H25IN4O2S. The van der Waals surface area contributed by atoms with Crippen molar-refractivity contribution in [2.24, 2.45) is 4.99 Å². The number of nitrogens with one attached hydrogen (secondary N) is 1. The zero-order chi connectivity index (χ0) is 17.4. The second-order valence-electron chi connectivity index (χ2n) is 5.67. The van der Waals surface area contributed by atoms with E-state index in [2.05, 4.69) is 27.1 Å². The Labute approximate surface area is 169 Å². The summed E-state index contributed by atoms with van der Waals surface area (Å²) in [5, 5.41) is 7.48. The number of furan rings is 1. The van der Waals surface area contributed by atoms with Crippen molar-refractivity contribution in [3.63, 3.8) is 0 Å². The van der Waals surface area contributed by atoms with E-state index in [0.29, 0.717) is 12.5 Å². The minimum atomic E-state index is -0.0238. The lowest BCUT2D eigenvalue weighted by molar-refractivity contribution is -0.127. The molecule has 25 heavy (non-hydrogen) atoms. The van der Waals surface area contributed by atoms with Crippen LogP contribution in [0, 0.1) is 0 Å². The summed E-state index contributed by atoms with van der Waals surface area (Å²) in [5.74, 6) is 1.61. The third kappa shape index (κ3) is 7.47. The van der Waals surface area contributed by atoms with Crippen molar-refractivity contribution >= 4 is 47.2 Å². The molecule has 8 heteroatoms. The van der Waals surface area contributed by atoms with E-state index in [1.165, 1.54) is 5.56 Å². The minimum Gasteiger partial charge on any atom is -0.469 e. The summed E-state index contributed by atoms with van der Waals surface area (Å²) in [5.41, 5.74) is 1.22. The zero-order valence-electron chi connectivity index (χ0n) is 14.8. The fourth-order valence-corrected chi connectivity index (χ4v) is 2.74. The predicted molar refractivity (Wildman–Crippen MR) is 113 cm³/mol. The van der Waals surface area contributed by atoms with Gasteiger partial charge >= 0.3 is 0 Å². The maximum Gasteiger partial charge on any atom is 0.243 e. The molecular weight excluding hydrogens is 451 g/mol. The highest BCUT2D eigenvalue weighted by Crippen LogP contribution is 2.08. The number of halogens is 1. The van der Waals surface area contributed by atoms with Gasteiger partial charge in [-0.3, -0.25) is 4.79 Å². The van der Waals surface area contributed by atoms with Crippen molar-refractivity contribution in [2.45, 2.75) is 13.0 Å².